The first-order valence-corrected chi connectivity index (χ1v) is 9.97. The van der Waals surface area contributed by atoms with Crippen molar-refractivity contribution in [2.45, 2.75) is 104 Å². The maximum absolute atomic E-state index is 11.7. The highest BCUT2D eigenvalue weighted by atomic mass is 16.5. The van der Waals surface area contributed by atoms with Gasteiger partial charge in [0.05, 0.1) is 6.61 Å². The summed E-state index contributed by atoms with van der Waals surface area (Å²) in [6.07, 6.45) is 13.9. The molecule has 4 nitrogen and oxygen atoms in total. The Hall–Kier alpha value is -1.06. The molecule has 0 aliphatic rings. The van der Waals surface area contributed by atoms with Gasteiger partial charge in [-0.2, -0.15) is 0 Å². The third kappa shape index (κ3) is 15.8. The molecule has 0 aromatic heterocycles. The van der Waals surface area contributed by atoms with Gasteiger partial charge < -0.3 is 9.84 Å². The van der Waals surface area contributed by atoms with Crippen molar-refractivity contribution in [1.82, 2.24) is 0 Å². The molecule has 0 atom stereocenters. The number of hydrogen-bond acceptors (Lipinski definition) is 3. The van der Waals surface area contributed by atoms with Gasteiger partial charge in [0.1, 0.15) is 0 Å². The smallest absolute Gasteiger partial charge is 0.305 e. The van der Waals surface area contributed by atoms with Crippen molar-refractivity contribution in [1.29, 1.82) is 0 Å². The summed E-state index contributed by atoms with van der Waals surface area (Å²) in [5, 5.41) is 8.55. The Morgan fingerprint density at radius 2 is 1.38 bits per heavy atom. The lowest BCUT2D eigenvalue weighted by atomic mass is 9.92. The van der Waals surface area contributed by atoms with Crippen LogP contribution in [0.25, 0.3) is 0 Å². The first-order chi connectivity index (χ1) is 11.6. The summed E-state index contributed by atoms with van der Waals surface area (Å²) in [5.74, 6) is -0.215. The summed E-state index contributed by atoms with van der Waals surface area (Å²) >= 11 is 0. The first-order valence-electron chi connectivity index (χ1n) is 9.97. The second-order valence-electron chi connectivity index (χ2n) is 6.82. The Labute approximate surface area is 148 Å². The van der Waals surface area contributed by atoms with Crippen LogP contribution in [0.3, 0.4) is 0 Å². The zero-order valence-electron chi connectivity index (χ0n) is 15.9. The van der Waals surface area contributed by atoms with Crippen molar-refractivity contribution in [3.05, 3.63) is 0 Å². The van der Waals surface area contributed by atoms with Crippen LogP contribution in [0.5, 0.6) is 0 Å². The highest BCUT2D eigenvalue weighted by Gasteiger charge is 2.10. The minimum atomic E-state index is -0.769. The molecule has 24 heavy (non-hydrogen) atoms. The molecule has 0 spiro atoms. The molecule has 4 heteroatoms. The number of unbranched alkanes of at least 4 members (excludes halogenated alkanes) is 6. The zero-order valence-corrected chi connectivity index (χ0v) is 15.9. The van der Waals surface area contributed by atoms with Crippen LogP contribution < -0.4 is 0 Å². The molecule has 0 heterocycles. The van der Waals surface area contributed by atoms with Gasteiger partial charge in [0, 0.05) is 12.8 Å². The molecule has 0 aliphatic heterocycles. The van der Waals surface area contributed by atoms with Crippen LogP contribution in [0.15, 0.2) is 0 Å². The fraction of sp³-hybridized carbons (Fsp3) is 0.900. The van der Waals surface area contributed by atoms with E-state index < -0.39 is 5.97 Å². The van der Waals surface area contributed by atoms with E-state index in [0.717, 1.165) is 19.3 Å². The predicted molar refractivity (Wildman–Crippen MR) is 98.1 cm³/mol. The number of rotatable bonds is 17. The molecular weight excluding hydrogens is 304 g/mol. The van der Waals surface area contributed by atoms with E-state index in [1.165, 1.54) is 51.4 Å². The van der Waals surface area contributed by atoms with E-state index in [1.807, 2.05) is 0 Å². The Morgan fingerprint density at radius 3 is 1.92 bits per heavy atom. The molecular formula is C20H38O4. The summed E-state index contributed by atoms with van der Waals surface area (Å²) in [4.78, 5) is 22.1. The van der Waals surface area contributed by atoms with E-state index in [2.05, 4.69) is 13.8 Å². The van der Waals surface area contributed by atoms with Crippen LogP contribution in [0.2, 0.25) is 0 Å². The molecule has 0 aromatic rings. The van der Waals surface area contributed by atoms with E-state index >= 15 is 0 Å². The molecule has 0 saturated heterocycles. The molecule has 1 N–H and O–H groups in total. The van der Waals surface area contributed by atoms with Crippen LogP contribution in [-0.4, -0.2) is 23.7 Å². The molecule has 0 aromatic carbocycles. The largest absolute Gasteiger partial charge is 0.481 e. The number of ether oxygens (including phenoxy) is 1. The van der Waals surface area contributed by atoms with Gasteiger partial charge in [-0.05, 0) is 25.2 Å². The molecule has 0 bridgehead atoms. The number of carboxylic acid groups (broad SMARTS) is 1. The second-order valence-corrected chi connectivity index (χ2v) is 6.82. The summed E-state index contributed by atoms with van der Waals surface area (Å²) in [6.45, 7) is 4.99. The molecule has 0 amide bonds. The van der Waals surface area contributed by atoms with E-state index in [4.69, 9.17) is 9.84 Å². The normalized spacial score (nSPS) is 11.0. The Kier molecular flexibility index (Phi) is 16.0. The maximum atomic E-state index is 11.7. The number of carbonyl (C=O) groups is 2. The molecule has 0 unspecified atom stereocenters. The molecule has 0 fully saturated rings. The van der Waals surface area contributed by atoms with E-state index in [9.17, 15) is 9.59 Å². The summed E-state index contributed by atoms with van der Waals surface area (Å²) in [5.41, 5.74) is 0. The highest BCUT2D eigenvalue weighted by molar-refractivity contribution is 5.69. The van der Waals surface area contributed by atoms with Crippen LogP contribution in [0, 0.1) is 5.92 Å². The van der Waals surface area contributed by atoms with Crippen molar-refractivity contribution < 1.29 is 19.4 Å². The van der Waals surface area contributed by atoms with Gasteiger partial charge in [-0.15, -0.1) is 0 Å². The van der Waals surface area contributed by atoms with Gasteiger partial charge in [0.25, 0.3) is 0 Å². The lowest BCUT2D eigenvalue weighted by Gasteiger charge is -2.16. The van der Waals surface area contributed by atoms with Gasteiger partial charge in [0.2, 0.25) is 0 Å². The summed E-state index contributed by atoms with van der Waals surface area (Å²) in [7, 11) is 0. The van der Waals surface area contributed by atoms with E-state index in [1.54, 1.807) is 0 Å². The second kappa shape index (κ2) is 16.8. The molecule has 0 radical (unpaired) electrons. The fourth-order valence-corrected chi connectivity index (χ4v) is 2.93. The van der Waals surface area contributed by atoms with E-state index in [0.29, 0.717) is 25.4 Å². The average Bonchev–Trinajstić information content (AvgIpc) is 2.54. The maximum Gasteiger partial charge on any atom is 0.305 e. The third-order valence-corrected chi connectivity index (χ3v) is 4.49. The number of carbonyl (C=O) groups excluding carboxylic acids is 1. The van der Waals surface area contributed by atoms with Gasteiger partial charge in [-0.1, -0.05) is 71.6 Å². The molecule has 0 rings (SSSR count). The van der Waals surface area contributed by atoms with Crippen LogP contribution in [0.4, 0.5) is 0 Å². The monoisotopic (exact) mass is 342 g/mol. The van der Waals surface area contributed by atoms with Gasteiger partial charge in [-0.3, -0.25) is 9.59 Å². The van der Waals surface area contributed by atoms with Crippen molar-refractivity contribution in [3.8, 4) is 0 Å². The Morgan fingerprint density at radius 1 is 0.792 bits per heavy atom. The minimum absolute atomic E-state index is 0.133. The van der Waals surface area contributed by atoms with Gasteiger partial charge in [0.15, 0.2) is 0 Å². The predicted octanol–water partition coefficient (Wildman–Crippen LogP) is 5.73. The van der Waals surface area contributed by atoms with Gasteiger partial charge >= 0.3 is 11.9 Å². The Balaban J connectivity index is 3.77. The molecule has 142 valence electrons. The molecule has 0 saturated carbocycles. The van der Waals surface area contributed by atoms with Crippen LogP contribution >= 0.6 is 0 Å². The van der Waals surface area contributed by atoms with Crippen molar-refractivity contribution >= 4 is 11.9 Å². The van der Waals surface area contributed by atoms with E-state index in [-0.39, 0.29) is 12.4 Å². The minimum Gasteiger partial charge on any atom is -0.481 e. The first kappa shape index (κ1) is 22.9. The van der Waals surface area contributed by atoms with Gasteiger partial charge in [-0.25, -0.2) is 0 Å². The number of hydrogen-bond donors (Lipinski definition) is 1. The Bertz CT molecular complexity index is 305. The standard InChI is InChI=1S/C20H38O4/c1-3-5-8-12-18(13-9-6-4-2)16-17-24-20(23)15-11-7-10-14-19(21)22/h18H,3-17H2,1-2H3,(H,21,22). The quantitative estimate of drug-likeness (QED) is 0.271. The number of carboxylic acids is 1. The number of aliphatic carboxylic acids is 1. The lowest BCUT2D eigenvalue weighted by molar-refractivity contribution is -0.144. The van der Waals surface area contributed by atoms with Crippen LogP contribution in [0.1, 0.15) is 104 Å². The number of esters is 1. The zero-order chi connectivity index (χ0) is 18.0. The average molecular weight is 343 g/mol. The van der Waals surface area contributed by atoms with Crippen molar-refractivity contribution in [2.75, 3.05) is 6.61 Å². The third-order valence-electron chi connectivity index (χ3n) is 4.49. The lowest BCUT2D eigenvalue weighted by Crippen LogP contribution is -2.10. The SMILES string of the molecule is CCCCCC(CCCCC)CCOC(=O)CCCCCC(=O)O. The van der Waals surface area contributed by atoms with Crippen molar-refractivity contribution in [2.24, 2.45) is 5.92 Å². The summed E-state index contributed by atoms with van der Waals surface area (Å²) < 4.78 is 5.36. The molecule has 0 aliphatic carbocycles. The fourth-order valence-electron chi connectivity index (χ4n) is 2.93. The highest BCUT2D eigenvalue weighted by Crippen LogP contribution is 2.21. The topological polar surface area (TPSA) is 63.6 Å². The summed E-state index contributed by atoms with van der Waals surface area (Å²) in [6, 6.07) is 0. The van der Waals surface area contributed by atoms with Crippen LogP contribution in [-0.2, 0) is 14.3 Å². The van der Waals surface area contributed by atoms with Crippen molar-refractivity contribution in [3.63, 3.8) is 0 Å².